The van der Waals surface area contributed by atoms with Crippen LogP contribution >= 0.6 is 0 Å². The molecule has 22 heavy (non-hydrogen) atoms. The van der Waals surface area contributed by atoms with Gasteiger partial charge in [-0.15, -0.1) is 0 Å². The van der Waals surface area contributed by atoms with E-state index in [1.807, 2.05) is 6.07 Å². The molecule has 2 heterocycles. The molecule has 1 saturated carbocycles. The number of hydrogen-bond donors (Lipinski definition) is 0. The van der Waals surface area contributed by atoms with E-state index < -0.39 is 0 Å². The lowest BCUT2D eigenvalue weighted by Crippen LogP contribution is -2.35. The molecule has 2 fully saturated rings. The zero-order valence-electron chi connectivity index (χ0n) is 12.7. The Morgan fingerprint density at radius 3 is 3.00 bits per heavy atom. The lowest BCUT2D eigenvalue weighted by Gasteiger charge is -2.28. The molecular weight excluding hydrogens is 280 g/mol. The monoisotopic (exact) mass is 300 g/mol. The molecule has 4 rings (SSSR count). The summed E-state index contributed by atoms with van der Waals surface area (Å²) >= 11 is 0. The van der Waals surface area contributed by atoms with Gasteiger partial charge in [0.2, 0.25) is 6.79 Å². The number of nitriles is 1. The molecule has 0 N–H and O–H groups in total. The Kier molecular flexibility index (Phi) is 4.30. The molecule has 5 nitrogen and oxygen atoms in total. The highest BCUT2D eigenvalue weighted by Crippen LogP contribution is 2.34. The van der Waals surface area contributed by atoms with E-state index in [1.165, 1.54) is 13.0 Å². The molecule has 1 aromatic carbocycles. The summed E-state index contributed by atoms with van der Waals surface area (Å²) in [5.74, 6) is 2.52. The standard InChI is InChI=1S/C9H15NO.C8H5NO2/c1-10-5-4-7-2-3-8(11)6-9(7)10;9-4-6-2-1-3-7-8(6)11-5-10-7/h7,9H,2-6H2,1H3;1-3H,5H2. The third-order valence-corrected chi connectivity index (χ3v) is 4.71. The zero-order valence-corrected chi connectivity index (χ0v) is 12.7. The van der Waals surface area contributed by atoms with Gasteiger partial charge in [0.25, 0.3) is 0 Å². The van der Waals surface area contributed by atoms with Crippen molar-refractivity contribution in [3.05, 3.63) is 23.8 Å². The third kappa shape index (κ3) is 2.93. The van der Waals surface area contributed by atoms with Crippen molar-refractivity contribution in [2.24, 2.45) is 5.92 Å². The first-order chi connectivity index (χ1) is 10.7. The van der Waals surface area contributed by atoms with Crippen molar-refractivity contribution < 1.29 is 14.3 Å². The lowest BCUT2D eigenvalue weighted by atomic mass is 9.84. The second kappa shape index (κ2) is 6.37. The van der Waals surface area contributed by atoms with Gasteiger partial charge in [0, 0.05) is 18.9 Å². The maximum Gasteiger partial charge on any atom is 0.231 e. The number of Topliss-reactive ketones (excluding diaryl/α,β-unsaturated/α-hetero) is 1. The van der Waals surface area contributed by atoms with Gasteiger partial charge >= 0.3 is 0 Å². The Labute approximate surface area is 130 Å². The first-order valence-electron chi connectivity index (χ1n) is 7.69. The van der Waals surface area contributed by atoms with Crippen LogP contribution in [0, 0.1) is 17.2 Å². The van der Waals surface area contributed by atoms with E-state index in [2.05, 4.69) is 11.9 Å². The van der Waals surface area contributed by atoms with E-state index in [0.29, 0.717) is 28.9 Å². The first-order valence-corrected chi connectivity index (χ1v) is 7.69. The summed E-state index contributed by atoms with van der Waals surface area (Å²) in [7, 11) is 2.14. The quantitative estimate of drug-likeness (QED) is 0.736. The third-order valence-electron chi connectivity index (χ3n) is 4.71. The molecule has 2 aliphatic heterocycles. The van der Waals surface area contributed by atoms with Gasteiger partial charge in [0.15, 0.2) is 11.5 Å². The number of ether oxygens (including phenoxy) is 2. The van der Waals surface area contributed by atoms with Crippen LogP contribution in [0.25, 0.3) is 0 Å². The molecule has 1 saturated heterocycles. The Morgan fingerprint density at radius 2 is 2.18 bits per heavy atom. The number of hydrogen-bond acceptors (Lipinski definition) is 5. The van der Waals surface area contributed by atoms with E-state index in [-0.39, 0.29) is 6.79 Å². The van der Waals surface area contributed by atoms with Gasteiger partial charge in [-0.3, -0.25) is 4.79 Å². The van der Waals surface area contributed by atoms with Crippen molar-refractivity contribution in [3.63, 3.8) is 0 Å². The number of likely N-dealkylation sites (tertiary alicyclic amines) is 1. The molecule has 3 aliphatic rings. The molecule has 0 amide bonds. The smallest absolute Gasteiger partial charge is 0.231 e. The average molecular weight is 300 g/mol. The Morgan fingerprint density at radius 1 is 1.32 bits per heavy atom. The fraction of sp³-hybridized carbons (Fsp3) is 0.529. The summed E-state index contributed by atoms with van der Waals surface area (Å²) in [4.78, 5) is 13.5. The van der Waals surface area contributed by atoms with E-state index in [9.17, 15) is 4.79 Å². The fourth-order valence-electron chi connectivity index (χ4n) is 3.45. The van der Waals surface area contributed by atoms with Crippen LogP contribution in [0.3, 0.4) is 0 Å². The molecule has 0 aromatic heterocycles. The maximum absolute atomic E-state index is 11.1. The molecule has 1 aromatic rings. The minimum Gasteiger partial charge on any atom is -0.454 e. The highest BCUT2D eigenvalue weighted by Gasteiger charge is 2.36. The summed E-state index contributed by atoms with van der Waals surface area (Å²) in [6.07, 6.45) is 4.12. The largest absolute Gasteiger partial charge is 0.454 e. The maximum atomic E-state index is 11.1. The van der Waals surface area contributed by atoms with Gasteiger partial charge in [0.1, 0.15) is 11.9 Å². The highest BCUT2D eigenvalue weighted by atomic mass is 16.7. The average Bonchev–Trinajstić information content (AvgIpc) is 3.15. The molecule has 1 aliphatic carbocycles. The second-order valence-electron chi connectivity index (χ2n) is 6.03. The van der Waals surface area contributed by atoms with Gasteiger partial charge in [0.05, 0.1) is 5.56 Å². The number of ketones is 1. The molecule has 2 atom stereocenters. The van der Waals surface area contributed by atoms with Crippen LogP contribution < -0.4 is 9.47 Å². The number of rotatable bonds is 0. The molecule has 116 valence electrons. The Hall–Kier alpha value is -2.06. The normalized spacial score (nSPS) is 25.9. The van der Waals surface area contributed by atoms with Gasteiger partial charge in [-0.25, -0.2) is 0 Å². The van der Waals surface area contributed by atoms with Gasteiger partial charge in [-0.1, -0.05) is 6.07 Å². The molecule has 2 unspecified atom stereocenters. The number of nitrogens with zero attached hydrogens (tertiary/aromatic N) is 2. The molecule has 0 spiro atoms. The van der Waals surface area contributed by atoms with Gasteiger partial charge in [-0.2, -0.15) is 5.26 Å². The van der Waals surface area contributed by atoms with Crippen LogP contribution in [-0.2, 0) is 4.79 Å². The first kappa shape index (κ1) is 14.9. The van der Waals surface area contributed by atoms with Crippen molar-refractivity contribution in [1.82, 2.24) is 4.90 Å². The summed E-state index contributed by atoms with van der Waals surface area (Å²) in [6.45, 7) is 1.41. The van der Waals surface area contributed by atoms with E-state index in [0.717, 1.165) is 25.2 Å². The molecule has 0 radical (unpaired) electrons. The van der Waals surface area contributed by atoms with Crippen molar-refractivity contribution in [3.8, 4) is 17.6 Å². The van der Waals surface area contributed by atoms with Crippen molar-refractivity contribution in [1.29, 1.82) is 5.26 Å². The van der Waals surface area contributed by atoms with Crippen molar-refractivity contribution in [2.75, 3.05) is 20.4 Å². The van der Waals surface area contributed by atoms with Crippen LogP contribution in [0.1, 0.15) is 31.2 Å². The van der Waals surface area contributed by atoms with Crippen LogP contribution in [-0.4, -0.2) is 37.1 Å². The van der Waals surface area contributed by atoms with Crippen molar-refractivity contribution in [2.45, 2.75) is 31.7 Å². The van der Waals surface area contributed by atoms with Crippen LogP contribution in [0.4, 0.5) is 0 Å². The summed E-state index contributed by atoms with van der Waals surface area (Å²) in [5.41, 5.74) is 0.528. The summed E-state index contributed by atoms with van der Waals surface area (Å²) in [5, 5.41) is 8.62. The highest BCUT2D eigenvalue weighted by molar-refractivity contribution is 5.80. The number of carbonyl (C=O) groups excluding carboxylic acids is 1. The SMILES string of the molecule is CN1CCC2CCC(=O)CC21.N#Cc1cccc2c1OCO2. The van der Waals surface area contributed by atoms with Crippen molar-refractivity contribution >= 4 is 5.78 Å². The van der Waals surface area contributed by atoms with Crippen LogP contribution in [0.2, 0.25) is 0 Å². The minimum absolute atomic E-state index is 0.216. The second-order valence-corrected chi connectivity index (χ2v) is 6.03. The minimum atomic E-state index is 0.216. The Bertz CT molecular complexity index is 608. The molecule has 5 heteroatoms. The summed E-state index contributed by atoms with van der Waals surface area (Å²) < 4.78 is 10.1. The van der Waals surface area contributed by atoms with Gasteiger partial charge in [-0.05, 0) is 44.5 Å². The van der Waals surface area contributed by atoms with E-state index in [1.54, 1.807) is 18.2 Å². The lowest BCUT2D eigenvalue weighted by molar-refractivity contribution is -0.122. The van der Waals surface area contributed by atoms with Crippen LogP contribution in [0.5, 0.6) is 11.5 Å². The zero-order chi connectivity index (χ0) is 15.5. The molecule has 0 bridgehead atoms. The number of benzene rings is 1. The Balaban J connectivity index is 0.000000131. The van der Waals surface area contributed by atoms with E-state index in [4.69, 9.17) is 14.7 Å². The summed E-state index contributed by atoms with van der Waals surface area (Å²) in [6, 6.07) is 7.87. The fourth-order valence-corrected chi connectivity index (χ4v) is 3.45. The number of fused-ring (bicyclic) bond motifs is 2. The predicted octanol–water partition coefficient (Wildman–Crippen LogP) is 2.35. The number of para-hydroxylation sites is 1. The van der Waals surface area contributed by atoms with E-state index >= 15 is 0 Å². The predicted molar refractivity (Wildman–Crippen MR) is 80.7 cm³/mol. The van der Waals surface area contributed by atoms with Crippen LogP contribution in [0.15, 0.2) is 18.2 Å². The molecular formula is C17H20N2O3. The van der Waals surface area contributed by atoms with Gasteiger partial charge < -0.3 is 14.4 Å². The topological polar surface area (TPSA) is 62.6 Å². The number of carbonyl (C=O) groups is 1.